The minimum atomic E-state index is 0.361. The summed E-state index contributed by atoms with van der Waals surface area (Å²) < 4.78 is 0. The average molecular weight is 253 g/mol. The van der Waals surface area contributed by atoms with Gasteiger partial charge in [0.05, 0.1) is 0 Å². The first-order chi connectivity index (χ1) is 9.22. The van der Waals surface area contributed by atoms with Gasteiger partial charge in [0.25, 0.3) is 0 Å². The molecule has 2 N–H and O–H groups in total. The van der Waals surface area contributed by atoms with Crippen molar-refractivity contribution in [1.82, 2.24) is 0 Å². The number of anilines is 1. The maximum atomic E-state index is 9.55. The van der Waals surface area contributed by atoms with Crippen LogP contribution in [0.25, 0.3) is 0 Å². The summed E-state index contributed by atoms with van der Waals surface area (Å²) >= 11 is 0. The van der Waals surface area contributed by atoms with E-state index in [-0.39, 0.29) is 0 Å². The van der Waals surface area contributed by atoms with Gasteiger partial charge in [0.15, 0.2) is 0 Å². The van der Waals surface area contributed by atoms with Crippen molar-refractivity contribution in [3.8, 4) is 5.75 Å². The molecule has 1 aliphatic carbocycles. The highest BCUT2D eigenvalue weighted by Crippen LogP contribution is 2.25. The summed E-state index contributed by atoms with van der Waals surface area (Å²) in [5.74, 6) is 0.361. The zero-order chi connectivity index (χ0) is 13.2. The predicted octanol–water partition coefficient (Wildman–Crippen LogP) is 3.67. The quantitative estimate of drug-likeness (QED) is 0.800. The van der Waals surface area contributed by atoms with Crippen LogP contribution >= 0.6 is 0 Å². The second-order valence-electron chi connectivity index (χ2n) is 5.35. The summed E-state index contributed by atoms with van der Waals surface area (Å²) in [4.78, 5) is 0. The number of benzene rings is 2. The minimum Gasteiger partial charge on any atom is -0.508 e. The van der Waals surface area contributed by atoms with E-state index in [0.29, 0.717) is 11.8 Å². The summed E-state index contributed by atoms with van der Waals surface area (Å²) in [6, 6.07) is 14.9. The number of hydrogen-bond acceptors (Lipinski definition) is 2. The lowest BCUT2D eigenvalue weighted by atomic mass is 9.88. The topological polar surface area (TPSA) is 32.3 Å². The third-order valence-electron chi connectivity index (χ3n) is 3.91. The molecule has 2 aromatic carbocycles. The zero-order valence-corrected chi connectivity index (χ0v) is 11.2. The van der Waals surface area contributed by atoms with E-state index in [1.54, 1.807) is 6.07 Å². The fraction of sp³-hybridized carbons (Fsp3) is 0.294. The Labute approximate surface area is 114 Å². The molecular weight excluding hydrogens is 234 g/mol. The van der Waals surface area contributed by atoms with E-state index >= 15 is 0 Å². The fourth-order valence-electron chi connectivity index (χ4n) is 2.80. The Bertz CT molecular complexity index is 592. The fourth-order valence-corrected chi connectivity index (χ4v) is 2.80. The summed E-state index contributed by atoms with van der Waals surface area (Å²) in [5.41, 5.74) is 4.96. The minimum absolute atomic E-state index is 0.361. The number of hydrogen-bond donors (Lipinski definition) is 2. The van der Waals surface area contributed by atoms with Gasteiger partial charge in [0, 0.05) is 11.7 Å². The Morgan fingerprint density at radius 2 is 1.89 bits per heavy atom. The summed E-state index contributed by atoms with van der Waals surface area (Å²) in [6.45, 7) is 1.93. The van der Waals surface area contributed by atoms with Gasteiger partial charge in [-0.15, -0.1) is 0 Å². The molecular formula is C17H19NO. The number of aryl methyl sites for hydroxylation is 2. The highest BCUT2D eigenvalue weighted by atomic mass is 16.3. The van der Waals surface area contributed by atoms with Crippen LogP contribution in [0.1, 0.15) is 23.1 Å². The molecule has 0 heterocycles. The molecule has 1 unspecified atom stereocenters. The Kier molecular flexibility index (Phi) is 3.16. The highest BCUT2D eigenvalue weighted by molar-refractivity contribution is 5.51. The molecule has 0 aromatic heterocycles. The molecule has 0 bridgehead atoms. The van der Waals surface area contributed by atoms with E-state index in [9.17, 15) is 5.11 Å². The van der Waals surface area contributed by atoms with Crippen LogP contribution in [0.3, 0.4) is 0 Å². The smallest absolute Gasteiger partial charge is 0.118 e. The van der Waals surface area contributed by atoms with Crippen molar-refractivity contribution in [2.45, 2.75) is 32.2 Å². The molecule has 2 nitrogen and oxygen atoms in total. The average Bonchev–Trinajstić information content (AvgIpc) is 2.43. The summed E-state index contributed by atoms with van der Waals surface area (Å²) in [7, 11) is 0. The van der Waals surface area contributed by atoms with Crippen LogP contribution < -0.4 is 5.32 Å². The molecule has 0 saturated carbocycles. The van der Waals surface area contributed by atoms with E-state index in [4.69, 9.17) is 0 Å². The molecule has 2 heteroatoms. The lowest BCUT2D eigenvalue weighted by Gasteiger charge is -2.26. The van der Waals surface area contributed by atoms with Crippen LogP contribution in [-0.2, 0) is 12.8 Å². The molecule has 1 aliphatic rings. The Morgan fingerprint density at radius 3 is 2.68 bits per heavy atom. The van der Waals surface area contributed by atoms with Crippen LogP contribution in [0.5, 0.6) is 5.75 Å². The van der Waals surface area contributed by atoms with E-state index < -0.39 is 0 Å². The number of nitrogens with one attached hydrogen (secondary N) is 1. The van der Waals surface area contributed by atoms with Gasteiger partial charge < -0.3 is 10.4 Å². The number of phenols is 1. The second kappa shape index (κ2) is 4.96. The van der Waals surface area contributed by atoms with Gasteiger partial charge in [-0.1, -0.05) is 24.3 Å². The second-order valence-corrected chi connectivity index (χ2v) is 5.35. The molecule has 0 aliphatic heterocycles. The van der Waals surface area contributed by atoms with Crippen LogP contribution in [0.15, 0.2) is 42.5 Å². The third kappa shape index (κ3) is 2.58. The van der Waals surface area contributed by atoms with Crippen LogP contribution in [0, 0.1) is 6.92 Å². The number of aromatic hydroxyl groups is 1. The molecule has 3 rings (SSSR count). The van der Waals surface area contributed by atoms with E-state index in [0.717, 1.165) is 30.5 Å². The Balaban J connectivity index is 1.73. The molecule has 19 heavy (non-hydrogen) atoms. The number of rotatable bonds is 2. The van der Waals surface area contributed by atoms with Gasteiger partial charge in [-0.25, -0.2) is 0 Å². The first kappa shape index (κ1) is 12.1. The molecule has 0 spiro atoms. The van der Waals surface area contributed by atoms with Crippen molar-refractivity contribution in [2.24, 2.45) is 0 Å². The predicted molar refractivity (Wildman–Crippen MR) is 78.7 cm³/mol. The van der Waals surface area contributed by atoms with Crippen LogP contribution in [-0.4, -0.2) is 11.1 Å². The van der Waals surface area contributed by atoms with Gasteiger partial charge in [-0.2, -0.15) is 0 Å². The van der Waals surface area contributed by atoms with Gasteiger partial charge in [0.2, 0.25) is 0 Å². The molecule has 2 aromatic rings. The maximum absolute atomic E-state index is 9.55. The first-order valence-corrected chi connectivity index (χ1v) is 6.85. The number of phenolic OH excluding ortho intramolecular Hbond substituents is 1. The molecule has 0 amide bonds. The van der Waals surface area contributed by atoms with Gasteiger partial charge in [-0.05, 0) is 61.1 Å². The van der Waals surface area contributed by atoms with Crippen molar-refractivity contribution in [3.63, 3.8) is 0 Å². The van der Waals surface area contributed by atoms with E-state index in [1.165, 1.54) is 11.1 Å². The van der Waals surface area contributed by atoms with Crippen molar-refractivity contribution in [2.75, 3.05) is 5.32 Å². The zero-order valence-electron chi connectivity index (χ0n) is 11.2. The maximum Gasteiger partial charge on any atom is 0.118 e. The Hall–Kier alpha value is -1.96. The van der Waals surface area contributed by atoms with Crippen molar-refractivity contribution in [1.29, 1.82) is 0 Å². The lowest BCUT2D eigenvalue weighted by Crippen LogP contribution is -2.27. The van der Waals surface area contributed by atoms with Gasteiger partial charge >= 0.3 is 0 Å². The van der Waals surface area contributed by atoms with Crippen molar-refractivity contribution in [3.05, 3.63) is 59.2 Å². The van der Waals surface area contributed by atoms with Crippen molar-refractivity contribution >= 4 is 5.69 Å². The monoisotopic (exact) mass is 253 g/mol. The lowest BCUT2D eigenvalue weighted by molar-refractivity contribution is 0.471. The highest BCUT2D eigenvalue weighted by Gasteiger charge is 2.17. The Morgan fingerprint density at radius 1 is 1.11 bits per heavy atom. The van der Waals surface area contributed by atoms with Gasteiger partial charge in [-0.3, -0.25) is 0 Å². The molecule has 0 saturated heterocycles. The summed E-state index contributed by atoms with van der Waals surface area (Å²) in [6.07, 6.45) is 3.39. The first-order valence-electron chi connectivity index (χ1n) is 6.85. The molecule has 1 atom stereocenters. The standard InChI is InChI=1S/C17H19NO/c1-12-10-15(8-9-17(12)19)18-16-7-6-13-4-2-3-5-14(13)11-16/h2-5,8-10,16,18-19H,6-7,11H2,1H3. The molecule has 0 radical (unpaired) electrons. The number of fused-ring (bicyclic) bond motifs is 1. The SMILES string of the molecule is Cc1cc(NC2CCc3ccccc3C2)ccc1O. The molecule has 98 valence electrons. The largest absolute Gasteiger partial charge is 0.508 e. The van der Waals surface area contributed by atoms with Gasteiger partial charge in [0.1, 0.15) is 5.75 Å². The molecule has 0 fully saturated rings. The van der Waals surface area contributed by atoms with Crippen molar-refractivity contribution < 1.29 is 5.11 Å². The van der Waals surface area contributed by atoms with Crippen LogP contribution in [0.2, 0.25) is 0 Å². The third-order valence-corrected chi connectivity index (χ3v) is 3.91. The normalized spacial score (nSPS) is 17.8. The van der Waals surface area contributed by atoms with Crippen LogP contribution in [0.4, 0.5) is 5.69 Å². The van der Waals surface area contributed by atoms with E-state index in [1.807, 2.05) is 19.1 Å². The summed E-state index contributed by atoms with van der Waals surface area (Å²) in [5, 5.41) is 13.1. The van der Waals surface area contributed by atoms with E-state index in [2.05, 4.69) is 29.6 Å².